The molecule has 0 saturated carbocycles. The van der Waals surface area contributed by atoms with Gasteiger partial charge in [-0.25, -0.2) is 4.79 Å². The Balaban J connectivity index is 2.10. The summed E-state index contributed by atoms with van der Waals surface area (Å²) >= 11 is 0. The quantitative estimate of drug-likeness (QED) is 0.651. The molecular formula is C15H33N5O. The molecule has 1 heterocycles. The maximum absolute atomic E-state index is 12.0. The molecule has 21 heavy (non-hydrogen) atoms. The van der Waals surface area contributed by atoms with Crippen molar-refractivity contribution in [3.63, 3.8) is 0 Å². The van der Waals surface area contributed by atoms with Crippen LogP contribution in [-0.4, -0.2) is 106 Å². The molecule has 124 valence electrons. The monoisotopic (exact) mass is 299 g/mol. The average Bonchev–Trinajstić information content (AvgIpc) is 2.43. The molecule has 0 unspecified atom stereocenters. The predicted molar refractivity (Wildman–Crippen MR) is 87.8 cm³/mol. The Kier molecular flexibility index (Phi) is 8.64. The standard InChI is InChI=1S/C15H33N5O/c1-17(2)8-5-7-16-15(21)20-13-11-19(12-14-20)10-6-9-18(3)4/h5-14H2,1-4H3,(H,16,21). The number of hydrogen-bond acceptors (Lipinski definition) is 4. The van der Waals surface area contributed by atoms with E-state index < -0.39 is 0 Å². The van der Waals surface area contributed by atoms with Crippen molar-refractivity contribution in [1.29, 1.82) is 0 Å². The van der Waals surface area contributed by atoms with E-state index in [1.165, 1.54) is 6.42 Å². The number of carbonyl (C=O) groups excluding carboxylic acids is 1. The smallest absolute Gasteiger partial charge is 0.317 e. The first-order chi connectivity index (χ1) is 9.99. The van der Waals surface area contributed by atoms with Crippen LogP contribution in [0.3, 0.4) is 0 Å². The van der Waals surface area contributed by atoms with Gasteiger partial charge in [-0.1, -0.05) is 0 Å². The van der Waals surface area contributed by atoms with Crippen molar-refractivity contribution in [2.75, 3.05) is 80.5 Å². The highest BCUT2D eigenvalue weighted by Crippen LogP contribution is 2.03. The van der Waals surface area contributed by atoms with Crippen LogP contribution in [-0.2, 0) is 0 Å². The van der Waals surface area contributed by atoms with Crippen molar-refractivity contribution in [3.8, 4) is 0 Å². The highest BCUT2D eigenvalue weighted by molar-refractivity contribution is 5.74. The van der Waals surface area contributed by atoms with Crippen LogP contribution in [0.25, 0.3) is 0 Å². The summed E-state index contributed by atoms with van der Waals surface area (Å²) in [4.78, 5) is 20.8. The van der Waals surface area contributed by atoms with E-state index in [1.807, 2.05) is 4.90 Å². The van der Waals surface area contributed by atoms with Crippen molar-refractivity contribution < 1.29 is 4.79 Å². The molecule has 1 saturated heterocycles. The molecule has 6 heteroatoms. The molecule has 0 aliphatic carbocycles. The van der Waals surface area contributed by atoms with Crippen LogP contribution >= 0.6 is 0 Å². The lowest BCUT2D eigenvalue weighted by Crippen LogP contribution is -2.52. The number of nitrogens with one attached hydrogen (secondary N) is 1. The predicted octanol–water partition coefficient (Wildman–Crippen LogP) is 0.217. The van der Waals surface area contributed by atoms with Crippen LogP contribution < -0.4 is 5.32 Å². The maximum Gasteiger partial charge on any atom is 0.317 e. The third-order valence-electron chi connectivity index (χ3n) is 3.80. The number of nitrogens with zero attached hydrogens (tertiary/aromatic N) is 4. The summed E-state index contributed by atoms with van der Waals surface area (Å²) in [6.07, 6.45) is 2.20. The zero-order chi connectivity index (χ0) is 15.7. The number of urea groups is 1. The molecular weight excluding hydrogens is 266 g/mol. The average molecular weight is 299 g/mol. The number of rotatable bonds is 8. The van der Waals surface area contributed by atoms with Gasteiger partial charge >= 0.3 is 6.03 Å². The van der Waals surface area contributed by atoms with Gasteiger partial charge in [0, 0.05) is 32.7 Å². The zero-order valence-corrected chi connectivity index (χ0v) is 14.3. The largest absolute Gasteiger partial charge is 0.338 e. The topological polar surface area (TPSA) is 42.1 Å². The Bertz CT molecular complexity index is 288. The molecule has 1 rings (SSSR count). The van der Waals surface area contributed by atoms with Gasteiger partial charge in [0.25, 0.3) is 0 Å². The Hall–Kier alpha value is -0.850. The van der Waals surface area contributed by atoms with Crippen LogP contribution in [0.4, 0.5) is 4.79 Å². The molecule has 1 N–H and O–H groups in total. The molecule has 0 aromatic heterocycles. The van der Waals surface area contributed by atoms with Crippen LogP contribution in [0, 0.1) is 0 Å². The lowest BCUT2D eigenvalue weighted by Gasteiger charge is -2.34. The molecule has 0 aromatic rings. The summed E-state index contributed by atoms with van der Waals surface area (Å²) in [5, 5.41) is 3.02. The zero-order valence-electron chi connectivity index (χ0n) is 14.3. The Morgan fingerprint density at radius 2 is 1.52 bits per heavy atom. The normalized spacial score (nSPS) is 16.8. The fourth-order valence-electron chi connectivity index (χ4n) is 2.49. The molecule has 0 aromatic carbocycles. The number of amides is 2. The van der Waals surface area contributed by atoms with E-state index >= 15 is 0 Å². The molecule has 1 aliphatic rings. The van der Waals surface area contributed by atoms with Gasteiger partial charge in [0.1, 0.15) is 0 Å². The Labute approximate surface area is 130 Å². The van der Waals surface area contributed by atoms with Gasteiger partial charge in [-0.3, -0.25) is 4.90 Å². The number of piperazine rings is 1. The second kappa shape index (κ2) is 9.97. The van der Waals surface area contributed by atoms with Gasteiger partial charge in [0.05, 0.1) is 0 Å². The highest BCUT2D eigenvalue weighted by atomic mass is 16.2. The number of hydrogen-bond donors (Lipinski definition) is 1. The minimum absolute atomic E-state index is 0.0988. The molecule has 0 spiro atoms. The van der Waals surface area contributed by atoms with E-state index in [0.29, 0.717) is 0 Å². The summed E-state index contributed by atoms with van der Waals surface area (Å²) in [6, 6.07) is 0.0988. The third-order valence-corrected chi connectivity index (χ3v) is 3.80. The third kappa shape index (κ3) is 8.24. The summed E-state index contributed by atoms with van der Waals surface area (Å²) in [7, 11) is 8.33. The fourth-order valence-corrected chi connectivity index (χ4v) is 2.49. The van der Waals surface area contributed by atoms with Gasteiger partial charge in [0.2, 0.25) is 0 Å². The molecule has 2 amide bonds. The van der Waals surface area contributed by atoms with E-state index in [-0.39, 0.29) is 6.03 Å². The first-order valence-corrected chi connectivity index (χ1v) is 8.03. The molecule has 0 radical (unpaired) electrons. The van der Waals surface area contributed by atoms with Gasteiger partial charge in [0.15, 0.2) is 0 Å². The van der Waals surface area contributed by atoms with Gasteiger partial charge < -0.3 is 20.0 Å². The Morgan fingerprint density at radius 3 is 2.10 bits per heavy atom. The first-order valence-electron chi connectivity index (χ1n) is 8.03. The molecule has 1 fully saturated rings. The first kappa shape index (κ1) is 18.2. The van der Waals surface area contributed by atoms with Crippen molar-refractivity contribution in [1.82, 2.24) is 24.9 Å². The minimum atomic E-state index is 0.0988. The fraction of sp³-hybridized carbons (Fsp3) is 0.933. The van der Waals surface area contributed by atoms with E-state index in [0.717, 1.165) is 58.8 Å². The van der Waals surface area contributed by atoms with Crippen LogP contribution in [0.1, 0.15) is 12.8 Å². The SMILES string of the molecule is CN(C)CCCNC(=O)N1CCN(CCCN(C)C)CC1. The highest BCUT2D eigenvalue weighted by Gasteiger charge is 2.20. The molecule has 6 nitrogen and oxygen atoms in total. The van der Waals surface area contributed by atoms with E-state index in [2.05, 4.69) is 48.2 Å². The second-order valence-electron chi connectivity index (χ2n) is 6.37. The second-order valence-corrected chi connectivity index (χ2v) is 6.37. The van der Waals surface area contributed by atoms with Crippen molar-refractivity contribution in [3.05, 3.63) is 0 Å². The summed E-state index contributed by atoms with van der Waals surface area (Å²) in [6.45, 7) is 7.74. The van der Waals surface area contributed by atoms with Gasteiger partial charge in [-0.2, -0.15) is 0 Å². The van der Waals surface area contributed by atoms with E-state index in [1.54, 1.807) is 0 Å². The number of carbonyl (C=O) groups is 1. The van der Waals surface area contributed by atoms with Crippen molar-refractivity contribution in [2.45, 2.75) is 12.8 Å². The summed E-state index contributed by atoms with van der Waals surface area (Å²) < 4.78 is 0. The van der Waals surface area contributed by atoms with Crippen LogP contribution in [0.5, 0.6) is 0 Å². The lowest BCUT2D eigenvalue weighted by atomic mass is 10.3. The van der Waals surface area contributed by atoms with Crippen molar-refractivity contribution in [2.24, 2.45) is 0 Å². The van der Waals surface area contributed by atoms with Crippen LogP contribution in [0.2, 0.25) is 0 Å². The van der Waals surface area contributed by atoms with E-state index in [9.17, 15) is 4.79 Å². The lowest BCUT2D eigenvalue weighted by molar-refractivity contribution is 0.136. The molecule has 1 aliphatic heterocycles. The maximum atomic E-state index is 12.0. The summed E-state index contributed by atoms with van der Waals surface area (Å²) in [5.74, 6) is 0. The molecule has 0 atom stereocenters. The van der Waals surface area contributed by atoms with Crippen LogP contribution in [0.15, 0.2) is 0 Å². The van der Waals surface area contributed by atoms with Gasteiger partial charge in [-0.15, -0.1) is 0 Å². The Morgan fingerprint density at radius 1 is 0.952 bits per heavy atom. The molecule has 0 bridgehead atoms. The van der Waals surface area contributed by atoms with Gasteiger partial charge in [-0.05, 0) is 60.7 Å². The van der Waals surface area contributed by atoms with Crippen molar-refractivity contribution >= 4 is 6.03 Å². The minimum Gasteiger partial charge on any atom is -0.338 e. The van der Waals surface area contributed by atoms with E-state index in [4.69, 9.17) is 0 Å². The summed E-state index contributed by atoms with van der Waals surface area (Å²) in [5.41, 5.74) is 0.